The van der Waals surface area contributed by atoms with Crippen LogP contribution in [-0.2, 0) is 11.0 Å². The van der Waals surface area contributed by atoms with Crippen molar-refractivity contribution in [3.8, 4) is 0 Å². The fourth-order valence-electron chi connectivity index (χ4n) is 2.38. The van der Waals surface area contributed by atoms with Crippen LogP contribution in [0.15, 0.2) is 18.2 Å². The Kier molecular flexibility index (Phi) is 5.02. The molecule has 1 saturated heterocycles. The lowest BCUT2D eigenvalue weighted by Gasteiger charge is -2.13. The Morgan fingerprint density at radius 1 is 1.36 bits per heavy atom. The molecule has 1 heterocycles. The third-order valence-electron chi connectivity index (χ3n) is 3.47. The maximum Gasteiger partial charge on any atom is 0.419 e. The molecule has 1 aromatic rings. The molecule has 3 N–H and O–H groups in total. The van der Waals surface area contributed by atoms with E-state index in [2.05, 4.69) is 16.2 Å². The van der Waals surface area contributed by atoms with Crippen LogP contribution >= 0.6 is 0 Å². The first-order valence-corrected chi connectivity index (χ1v) is 7.00. The average molecular weight is 319 g/mol. The Bertz CT molecular complexity index is 547. The van der Waals surface area contributed by atoms with Gasteiger partial charge in [-0.1, -0.05) is 13.3 Å². The van der Waals surface area contributed by atoms with E-state index in [1.54, 1.807) is 0 Å². The summed E-state index contributed by atoms with van der Waals surface area (Å²) in [5.74, 6) is -1.82. The molecule has 22 heavy (non-hydrogen) atoms. The average Bonchev–Trinajstić information content (AvgIpc) is 2.89. The predicted molar refractivity (Wildman–Crippen MR) is 73.4 cm³/mol. The molecule has 1 amide bonds. The van der Waals surface area contributed by atoms with Gasteiger partial charge in [0.2, 0.25) is 5.91 Å². The molecule has 2 unspecified atom stereocenters. The van der Waals surface area contributed by atoms with E-state index < -0.39 is 29.5 Å². The number of nitrogens with one attached hydrogen (secondary N) is 3. The van der Waals surface area contributed by atoms with Crippen molar-refractivity contribution in [1.82, 2.24) is 10.9 Å². The first-order valence-electron chi connectivity index (χ1n) is 7.00. The summed E-state index contributed by atoms with van der Waals surface area (Å²) < 4.78 is 51.1. The van der Waals surface area contributed by atoms with Crippen LogP contribution in [0.1, 0.15) is 31.7 Å². The summed E-state index contributed by atoms with van der Waals surface area (Å²) in [6.07, 6.45) is -2.40. The van der Waals surface area contributed by atoms with Crippen LogP contribution < -0.4 is 16.2 Å². The smallest absolute Gasteiger partial charge is 0.325 e. The zero-order valence-electron chi connectivity index (χ0n) is 11.9. The van der Waals surface area contributed by atoms with Crippen LogP contribution in [0, 0.1) is 5.82 Å². The highest BCUT2D eigenvalue weighted by molar-refractivity contribution is 5.95. The lowest BCUT2D eigenvalue weighted by molar-refractivity contribution is -0.140. The van der Waals surface area contributed by atoms with E-state index in [1.807, 2.05) is 6.92 Å². The Hall–Kier alpha value is -1.67. The van der Waals surface area contributed by atoms with Crippen LogP contribution in [0.2, 0.25) is 0 Å². The van der Waals surface area contributed by atoms with Gasteiger partial charge in [-0.05, 0) is 31.0 Å². The van der Waals surface area contributed by atoms with Gasteiger partial charge in [0.1, 0.15) is 11.9 Å². The quantitative estimate of drug-likeness (QED) is 0.748. The van der Waals surface area contributed by atoms with Gasteiger partial charge in [-0.15, -0.1) is 0 Å². The minimum Gasteiger partial charge on any atom is -0.325 e. The number of hydrogen-bond donors (Lipinski definition) is 3. The summed E-state index contributed by atoms with van der Waals surface area (Å²) in [5.41, 5.74) is 4.30. The van der Waals surface area contributed by atoms with Crippen molar-refractivity contribution in [3.05, 3.63) is 29.6 Å². The second-order valence-electron chi connectivity index (χ2n) is 5.24. The standard InChI is InChI=1S/C14H17F4N3O/c1-2-3-9-7-12(21-20-9)13(22)19-8-4-5-11(15)10(6-8)14(16,17)18/h4-6,9,12,20-21H,2-3,7H2,1H3,(H,19,22). The van der Waals surface area contributed by atoms with E-state index in [9.17, 15) is 22.4 Å². The minimum absolute atomic E-state index is 0.0838. The van der Waals surface area contributed by atoms with E-state index in [4.69, 9.17) is 0 Å². The fourth-order valence-corrected chi connectivity index (χ4v) is 2.38. The van der Waals surface area contributed by atoms with Gasteiger partial charge in [-0.3, -0.25) is 10.2 Å². The molecule has 0 bridgehead atoms. The van der Waals surface area contributed by atoms with Crippen molar-refractivity contribution >= 4 is 11.6 Å². The highest BCUT2D eigenvalue weighted by Gasteiger charge is 2.35. The zero-order chi connectivity index (χ0) is 16.3. The van der Waals surface area contributed by atoms with Crippen molar-refractivity contribution in [1.29, 1.82) is 0 Å². The van der Waals surface area contributed by atoms with Gasteiger partial charge in [0.25, 0.3) is 0 Å². The van der Waals surface area contributed by atoms with Crippen molar-refractivity contribution in [3.63, 3.8) is 0 Å². The second kappa shape index (κ2) is 6.62. The molecule has 0 radical (unpaired) electrons. The molecule has 1 aliphatic rings. The fraction of sp³-hybridized carbons (Fsp3) is 0.500. The number of alkyl halides is 3. The van der Waals surface area contributed by atoms with Gasteiger partial charge in [0.05, 0.1) is 5.56 Å². The van der Waals surface area contributed by atoms with E-state index in [0.29, 0.717) is 18.6 Å². The van der Waals surface area contributed by atoms with E-state index in [1.165, 1.54) is 0 Å². The Morgan fingerprint density at radius 3 is 2.73 bits per heavy atom. The molecule has 1 fully saturated rings. The lowest BCUT2D eigenvalue weighted by Crippen LogP contribution is -2.40. The largest absolute Gasteiger partial charge is 0.419 e. The summed E-state index contributed by atoms with van der Waals surface area (Å²) in [7, 11) is 0. The molecule has 1 aromatic carbocycles. The molecule has 2 atom stereocenters. The number of rotatable bonds is 4. The van der Waals surface area contributed by atoms with E-state index >= 15 is 0 Å². The lowest BCUT2D eigenvalue weighted by atomic mass is 10.1. The number of amides is 1. The second-order valence-corrected chi connectivity index (χ2v) is 5.24. The molecule has 122 valence electrons. The maximum absolute atomic E-state index is 13.2. The monoisotopic (exact) mass is 319 g/mol. The van der Waals surface area contributed by atoms with Gasteiger partial charge in [-0.2, -0.15) is 13.2 Å². The van der Waals surface area contributed by atoms with E-state index in [-0.39, 0.29) is 11.7 Å². The number of anilines is 1. The first kappa shape index (κ1) is 16.7. The van der Waals surface area contributed by atoms with Gasteiger partial charge >= 0.3 is 6.18 Å². The summed E-state index contributed by atoms with van der Waals surface area (Å²) in [4.78, 5) is 12.0. The topological polar surface area (TPSA) is 53.2 Å². The van der Waals surface area contributed by atoms with Crippen LogP contribution in [0.25, 0.3) is 0 Å². The summed E-state index contributed by atoms with van der Waals surface area (Å²) >= 11 is 0. The predicted octanol–water partition coefficient (Wildman–Crippen LogP) is 2.82. The normalized spacial score (nSPS) is 21.9. The molecule has 4 nitrogen and oxygen atoms in total. The van der Waals surface area contributed by atoms with E-state index in [0.717, 1.165) is 18.9 Å². The van der Waals surface area contributed by atoms with Gasteiger partial charge in [0, 0.05) is 11.7 Å². The molecule has 1 aliphatic heterocycles. The molecule has 0 spiro atoms. The van der Waals surface area contributed by atoms with Crippen LogP contribution in [0.5, 0.6) is 0 Å². The number of hydrazine groups is 1. The number of carbonyl (C=O) groups excluding carboxylic acids is 1. The molecule has 0 aromatic heterocycles. The van der Waals surface area contributed by atoms with Crippen molar-refractivity contribution < 1.29 is 22.4 Å². The van der Waals surface area contributed by atoms with Gasteiger partial charge in [0.15, 0.2) is 0 Å². The summed E-state index contributed by atoms with van der Waals surface area (Å²) in [6.45, 7) is 2.02. The molecule has 0 saturated carbocycles. The molecule has 0 aliphatic carbocycles. The summed E-state index contributed by atoms with van der Waals surface area (Å²) in [5, 5.41) is 2.38. The van der Waals surface area contributed by atoms with Crippen molar-refractivity contribution in [2.24, 2.45) is 0 Å². The van der Waals surface area contributed by atoms with Gasteiger partial charge < -0.3 is 5.32 Å². The van der Waals surface area contributed by atoms with Crippen molar-refractivity contribution in [2.75, 3.05) is 5.32 Å². The molecular formula is C14H17F4N3O. The number of hydrogen-bond acceptors (Lipinski definition) is 3. The highest BCUT2D eigenvalue weighted by Crippen LogP contribution is 2.33. The van der Waals surface area contributed by atoms with Crippen LogP contribution in [0.3, 0.4) is 0 Å². The first-order chi connectivity index (χ1) is 10.3. The number of carbonyl (C=O) groups is 1. The molecule has 2 rings (SSSR count). The SMILES string of the molecule is CCCC1CC(C(=O)Nc2ccc(F)c(C(F)(F)F)c2)NN1. The maximum atomic E-state index is 13.2. The summed E-state index contributed by atoms with van der Waals surface area (Å²) in [6, 6.07) is 2.02. The zero-order valence-corrected chi connectivity index (χ0v) is 11.9. The third-order valence-corrected chi connectivity index (χ3v) is 3.47. The van der Waals surface area contributed by atoms with Crippen LogP contribution in [0.4, 0.5) is 23.2 Å². The Morgan fingerprint density at radius 2 is 2.09 bits per heavy atom. The Balaban J connectivity index is 2.04. The third kappa shape index (κ3) is 3.95. The van der Waals surface area contributed by atoms with Crippen LogP contribution in [-0.4, -0.2) is 18.0 Å². The number of halogens is 4. The molecule has 8 heteroatoms. The minimum atomic E-state index is -4.80. The Labute approximate surface area is 125 Å². The number of benzene rings is 1. The van der Waals surface area contributed by atoms with Gasteiger partial charge in [-0.25, -0.2) is 9.82 Å². The van der Waals surface area contributed by atoms with Crippen molar-refractivity contribution in [2.45, 2.75) is 44.4 Å². The highest BCUT2D eigenvalue weighted by atomic mass is 19.4. The molecular weight excluding hydrogens is 302 g/mol.